The van der Waals surface area contributed by atoms with Crippen LogP contribution in [0.4, 0.5) is 18.9 Å². The molecule has 24 heavy (non-hydrogen) atoms. The average Bonchev–Trinajstić information content (AvgIpc) is 2.97. The lowest BCUT2D eigenvalue weighted by atomic mass is 10.1. The second-order valence-corrected chi connectivity index (χ2v) is 5.57. The number of nitrogens with one attached hydrogen (secondary N) is 1. The molecule has 1 N–H and O–H groups in total. The van der Waals surface area contributed by atoms with Gasteiger partial charge in [0.05, 0.1) is 17.5 Å². The van der Waals surface area contributed by atoms with Crippen LogP contribution in [0.1, 0.15) is 28.9 Å². The van der Waals surface area contributed by atoms with Crippen molar-refractivity contribution in [2.45, 2.75) is 32.0 Å². The molecule has 8 heteroatoms. The summed E-state index contributed by atoms with van der Waals surface area (Å²) in [5, 5.41) is 6.88. The minimum absolute atomic E-state index is 0.0437. The van der Waals surface area contributed by atoms with Gasteiger partial charge in [-0.05, 0) is 31.4 Å². The maximum Gasteiger partial charge on any atom is 0.422 e. The topological polar surface area (TPSA) is 56.1 Å². The Bertz CT molecular complexity index is 740. The first-order valence-electron chi connectivity index (χ1n) is 7.58. The number of alkyl halides is 3. The standard InChI is InChI=1S/C16H16F3N3O2/c17-16(18,19)10-24-12-5-3-4-11(8-12)21-15(23)13-9-20-22-7-2-1-6-14(13)22/h3-5,8-9H,1-2,6-7,10H2,(H,21,23). The number of fused-ring (bicyclic) bond motifs is 1. The molecule has 5 nitrogen and oxygen atoms in total. The average molecular weight is 339 g/mol. The van der Waals surface area contributed by atoms with E-state index >= 15 is 0 Å². The largest absolute Gasteiger partial charge is 0.484 e. The molecule has 0 radical (unpaired) electrons. The van der Waals surface area contributed by atoms with Crippen LogP contribution < -0.4 is 10.1 Å². The molecule has 1 aromatic heterocycles. The van der Waals surface area contributed by atoms with Gasteiger partial charge in [0, 0.05) is 18.3 Å². The first kappa shape index (κ1) is 16.4. The van der Waals surface area contributed by atoms with E-state index in [0.717, 1.165) is 31.5 Å². The van der Waals surface area contributed by atoms with Crippen molar-refractivity contribution >= 4 is 11.6 Å². The molecule has 0 saturated heterocycles. The highest BCUT2D eigenvalue weighted by atomic mass is 19.4. The third-order valence-corrected chi connectivity index (χ3v) is 3.72. The molecule has 1 aliphatic rings. The zero-order valence-electron chi connectivity index (χ0n) is 12.8. The first-order chi connectivity index (χ1) is 11.4. The summed E-state index contributed by atoms with van der Waals surface area (Å²) in [5.74, 6) is -0.284. The molecule has 1 amide bonds. The second kappa shape index (κ2) is 6.54. The summed E-state index contributed by atoms with van der Waals surface area (Å²) < 4.78 is 43.1. The number of hydrogen-bond acceptors (Lipinski definition) is 3. The lowest BCUT2D eigenvalue weighted by Crippen LogP contribution is -2.19. The van der Waals surface area contributed by atoms with Gasteiger partial charge in [0.2, 0.25) is 0 Å². The number of anilines is 1. The van der Waals surface area contributed by atoms with E-state index < -0.39 is 12.8 Å². The normalized spacial score (nSPS) is 14.1. The lowest BCUT2D eigenvalue weighted by Gasteiger charge is -2.14. The van der Waals surface area contributed by atoms with Crippen LogP contribution in [-0.4, -0.2) is 28.5 Å². The van der Waals surface area contributed by atoms with E-state index in [1.54, 1.807) is 6.07 Å². The summed E-state index contributed by atoms with van der Waals surface area (Å²) in [7, 11) is 0. The van der Waals surface area contributed by atoms with Crippen molar-refractivity contribution in [3.63, 3.8) is 0 Å². The molecule has 1 aromatic carbocycles. The maximum atomic E-state index is 12.4. The molecule has 0 bridgehead atoms. The van der Waals surface area contributed by atoms with Gasteiger partial charge in [-0.25, -0.2) is 0 Å². The fourth-order valence-electron chi connectivity index (χ4n) is 2.64. The predicted molar refractivity (Wildman–Crippen MR) is 81.1 cm³/mol. The summed E-state index contributed by atoms with van der Waals surface area (Å²) >= 11 is 0. The Labute approximate surface area is 136 Å². The van der Waals surface area contributed by atoms with Crippen molar-refractivity contribution < 1.29 is 22.7 Å². The zero-order valence-corrected chi connectivity index (χ0v) is 12.8. The van der Waals surface area contributed by atoms with E-state index in [-0.39, 0.29) is 11.7 Å². The smallest absolute Gasteiger partial charge is 0.422 e. The van der Waals surface area contributed by atoms with Crippen LogP contribution in [0.5, 0.6) is 5.75 Å². The van der Waals surface area contributed by atoms with Crippen molar-refractivity contribution in [2.24, 2.45) is 0 Å². The third kappa shape index (κ3) is 3.87. The molecular weight excluding hydrogens is 323 g/mol. The molecule has 128 valence electrons. The molecule has 0 fully saturated rings. The van der Waals surface area contributed by atoms with Crippen molar-refractivity contribution in [2.75, 3.05) is 11.9 Å². The van der Waals surface area contributed by atoms with Gasteiger partial charge in [-0.15, -0.1) is 0 Å². The molecular formula is C16H16F3N3O2. The molecule has 0 saturated carbocycles. The summed E-state index contributed by atoms with van der Waals surface area (Å²) in [6.07, 6.45) is -0.0466. The Balaban J connectivity index is 1.69. The predicted octanol–water partition coefficient (Wildman–Crippen LogP) is 3.41. The van der Waals surface area contributed by atoms with Crippen molar-refractivity contribution in [3.05, 3.63) is 41.7 Å². The highest BCUT2D eigenvalue weighted by Crippen LogP contribution is 2.23. The van der Waals surface area contributed by atoms with Crippen LogP contribution in [0.2, 0.25) is 0 Å². The number of nitrogens with zero attached hydrogens (tertiary/aromatic N) is 2. The maximum absolute atomic E-state index is 12.4. The monoisotopic (exact) mass is 339 g/mol. The Hall–Kier alpha value is -2.51. The van der Waals surface area contributed by atoms with Crippen LogP contribution in [-0.2, 0) is 13.0 Å². The van der Waals surface area contributed by atoms with Crippen LogP contribution in [0.25, 0.3) is 0 Å². The summed E-state index contributed by atoms with van der Waals surface area (Å²) in [5.41, 5.74) is 1.76. The van der Waals surface area contributed by atoms with Crippen LogP contribution in [0.15, 0.2) is 30.5 Å². The number of aromatic nitrogens is 2. The van der Waals surface area contributed by atoms with Gasteiger partial charge in [0.15, 0.2) is 6.61 Å². The number of carbonyl (C=O) groups is 1. The fourth-order valence-corrected chi connectivity index (χ4v) is 2.64. The minimum Gasteiger partial charge on any atom is -0.484 e. The van der Waals surface area contributed by atoms with Gasteiger partial charge >= 0.3 is 6.18 Å². The number of rotatable bonds is 4. The molecule has 3 rings (SSSR count). The Kier molecular flexibility index (Phi) is 4.46. The van der Waals surface area contributed by atoms with Crippen LogP contribution in [0, 0.1) is 0 Å². The van der Waals surface area contributed by atoms with E-state index in [2.05, 4.69) is 15.2 Å². The number of carbonyl (C=O) groups excluding carboxylic acids is 1. The number of amides is 1. The van der Waals surface area contributed by atoms with Gasteiger partial charge in [-0.1, -0.05) is 6.07 Å². The molecule has 2 heterocycles. The number of benzene rings is 1. The summed E-state index contributed by atoms with van der Waals surface area (Å²) in [6, 6.07) is 5.88. The van der Waals surface area contributed by atoms with Crippen LogP contribution >= 0.6 is 0 Å². The van der Waals surface area contributed by atoms with Gasteiger partial charge in [0.25, 0.3) is 5.91 Å². The highest BCUT2D eigenvalue weighted by Gasteiger charge is 2.28. The number of ether oxygens (including phenoxy) is 1. The van der Waals surface area contributed by atoms with E-state index in [1.165, 1.54) is 24.4 Å². The van der Waals surface area contributed by atoms with Gasteiger partial charge < -0.3 is 10.1 Å². The number of hydrogen-bond donors (Lipinski definition) is 1. The third-order valence-electron chi connectivity index (χ3n) is 3.72. The van der Waals surface area contributed by atoms with Gasteiger partial charge in [-0.2, -0.15) is 18.3 Å². The molecule has 0 atom stereocenters. The Morgan fingerprint density at radius 3 is 2.96 bits per heavy atom. The molecule has 0 spiro atoms. The van der Waals surface area contributed by atoms with Crippen molar-refractivity contribution in [1.29, 1.82) is 0 Å². The molecule has 0 aliphatic carbocycles. The van der Waals surface area contributed by atoms with Crippen LogP contribution in [0.3, 0.4) is 0 Å². The van der Waals surface area contributed by atoms with Crippen molar-refractivity contribution in [1.82, 2.24) is 9.78 Å². The van der Waals surface area contributed by atoms with Crippen molar-refractivity contribution in [3.8, 4) is 5.75 Å². The quantitative estimate of drug-likeness (QED) is 0.929. The molecule has 1 aliphatic heterocycles. The van der Waals surface area contributed by atoms with Gasteiger partial charge in [-0.3, -0.25) is 9.48 Å². The number of aryl methyl sites for hydroxylation is 1. The first-order valence-corrected chi connectivity index (χ1v) is 7.58. The van der Waals surface area contributed by atoms with Gasteiger partial charge in [0.1, 0.15) is 5.75 Å². The zero-order chi connectivity index (χ0) is 17.2. The Morgan fingerprint density at radius 1 is 1.33 bits per heavy atom. The summed E-state index contributed by atoms with van der Waals surface area (Å²) in [6.45, 7) is -0.579. The molecule has 0 unspecified atom stereocenters. The summed E-state index contributed by atoms with van der Waals surface area (Å²) in [4.78, 5) is 12.4. The SMILES string of the molecule is O=C(Nc1cccc(OCC(F)(F)F)c1)c1cnn2c1CCCC2. The van der Waals surface area contributed by atoms with E-state index in [0.29, 0.717) is 11.3 Å². The van der Waals surface area contributed by atoms with E-state index in [9.17, 15) is 18.0 Å². The lowest BCUT2D eigenvalue weighted by molar-refractivity contribution is -0.153. The Morgan fingerprint density at radius 2 is 2.17 bits per heavy atom. The number of halogens is 3. The van der Waals surface area contributed by atoms with E-state index in [1.807, 2.05) is 4.68 Å². The second-order valence-electron chi connectivity index (χ2n) is 5.57. The fraction of sp³-hybridized carbons (Fsp3) is 0.375. The highest BCUT2D eigenvalue weighted by molar-refractivity contribution is 6.05. The molecule has 2 aromatic rings. The van der Waals surface area contributed by atoms with E-state index in [4.69, 9.17) is 0 Å². The minimum atomic E-state index is -4.41.